The number of carbonyl (C=O) groups excluding carboxylic acids is 1. The molecule has 1 amide bonds. The number of carbonyl (C=O) groups is 1. The minimum atomic E-state index is -0.0417. The number of aryl methyl sites for hydroxylation is 2. The van der Waals surface area contributed by atoms with Gasteiger partial charge in [0, 0.05) is 10.4 Å². The predicted molar refractivity (Wildman–Crippen MR) is 79.5 cm³/mol. The molecule has 0 saturated heterocycles. The van der Waals surface area contributed by atoms with Crippen LogP contribution in [0, 0.1) is 13.8 Å². The van der Waals surface area contributed by atoms with Gasteiger partial charge in [0.1, 0.15) is 0 Å². The molecule has 2 nitrogen and oxygen atoms in total. The molecule has 0 radical (unpaired) electrons. The summed E-state index contributed by atoms with van der Waals surface area (Å²) in [7, 11) is 0. The second kappa shape index (κ2) is 6.97. The van der Waals surface area contributed by atoms with E-state index in [1.165, 1.54) is 4.88 Å². The molecule has 0 fully saturated rings. The lowest BCUT2D eigenvalue weighted by atomic mass is 10.1. The Bertz CT molecular complexity index is 517. The maximum Gasteiger partial charge on any atom is 0.256 e. The number of rotatable bonds is 2. The summed E-state index contributed by atoms with van der Waals surface area (Å²) in [5, 5.41) is 3.79. The van der Waals surface area contributed by atoms with Crippen molar-refractivity contribution >= 4 is 22.2 Å². The summed E-state index contributed by atoms with van der Waals surface area (Å²) < 4.78 is 0. The van der Waals surface area contributed by atoms with Crippen LogP contribution in [0.5, 0.6) is 0 Å². The summed E-state index contributed by atoms with van der Waals surface area (Å²) in [5.74, 6) is -0.0417. The van der Waals surface area contributed by atoms with Gasteiger partial charge in [-0.25, -0.2) is 0 Å². The number of amides is 1. The van der Waals surface area contributed by atoms with Crippen LogP contribution in [0.1, 0.15) is 34.6 Å². The van der Waals surface area contributed by atoms with E-state index in [4.69, 9.17) is 0 Å². The SMILES string of the molecule is CC.Cc1ccc(NC(=O)c2ccccc2C)s1. The molecule has 0 spiro atoms. The molecule has 0 aliphatic carbocycles. The quantitative estimate of drug-likeness (QED) is 0.838. The van der Waals surface area contributed by atoms with Crippen LogP contribution in [0.15, 0.2) is 36.4 Å². The van der Waals surface area contributed by atoms with Crippen LogP contribution in [0.25, 0.3) is 0 Å². The van der Waals surface area contributed by atoms with E-state index in [-0.39, 0.29) is 5.91 Å². The highest BCUT2D eigenvalue weighted by Crippen LogP contribution is 2.21. The van der Waals surface area contributed by atoms with Gasteiger partial charge in [-0.2, -0.15) is 0 Å². The second-order valence-corrected chi connectivity index (χ2v) is 4.97. The average Bonchev–Trinajstić information content (AvgIpc) is 2.78. The summed E-state index contributed by atoms with van der Waals surface area (Å²) in [6.45, 7) is 7.96. The number of hydrogen-bond donors (Lipinski definition) is 1. The molecular weight excluding hydrogens is 242 g/mol. The Morgan fingerprint density at radius 2 is 1.72 bits per heavy atom. The third-order valence-electron chi connectivity index (χ3n) is 2.37. The fraction of sp³-hybridized carbons (Fsp3) is 0.267. The molecule has 1 aromatic heterocycles. The fourth-order valence-electron chi connectivity index (χ4n) is 1.51. The van der Waals surface area contributed by atoms with Gasteiger partial charge in [-0.3, -0.25) is 4.79 Å². The van der Waals surface area contributed by atoms with Gasteiger partial charge in [0.05, 0.1) is 5.00 Å². The van der Waals surface area contributed by atoms with Crippen molar-refractivity contribution in [2.24, 2.45) is 0 Å². The number of hydrogen-bond acceptors (Lipinski definition) is 2. The van der Waals surface area contributed by atoms with E-state index in [1.807, 2.05) is 64.1 Å². The maximum absolute atomic E-state index is 11.9. The van der Waals surface area contributed by atoms with E-state index in [0.29, 0.717) is 0 Å². The summed E-state index contributed by atoms with van der Waals surface area (Å²) >= 11 is 1.58. The van der Waals surface area contributed by atoms with Gasteiger partial charge in [-0.1, -0.05) is 32.0 Å². The Morgan fingerprint density at radius 3 is 2.28 bits per heavy atom. The van der Waals surface area contributed by atoms with E-state index in [9.17, 15) is 4.79 Å². The Labute approximate surface area is 113 Å². The summed E-state index contributed by atoms with van der Waals surface area (Å²) in [5.41, 5.74) is 1.72. The number of thiophene rings is 1. The molecule has 1 aromatic carbocycles. The van der Waals surface area contributed by atoms with Crippen molar-refractivity contribution in [3.63, 3.8) is 0 Å². The smallest absolute Gasteiger partial charge is 0.256 e. The fourth-order valence-corrected chi connectivity index (χ4v) is 2.27. The Hall–Kier alpha value is -1.61. The van der Waals surface area contributed by atoms with E-state index in [2.05, 4.69) is 5.32 Å². The molecule has 0 aliphatic heterocycles. The number of benzene rings is 1. The van der Waals surface area contributed by atoms with Crippen LogP contribution in [0.4, 0.5) is 5.00 Å². The Balaban J connectivity index is 0.000000771. The monoisotopic (exact) mass is 261 g/mol. The molecule has 0 aliphatic rings. The van der Waals surface area contributed by atoms with Crippen LogP contribution >= 0.6 is 11.3 Å². The van der Waals surface area contributed by atoms with E-state index >= 15 is 0 Å². The molecule has 0 bridgehead atoms. The van der Waals surface area contributed by atoms with E-state index in [1.54, 1.807) is 11.3 Å². The lowest BCUT2D eigenvalue weighted by Crippen LogP contribution is -2.12. The first-order valence-corrected chi connectivity index (χ1v) is 6.92. The minimum Gasteiger partial charge on any atom is -0.314 e. The molecule has 2 aromatic rings. The molecule has 2 rings (SSSR count). The minimum absolute atomic E-state index is 0.0417. The standard InChI is InChI=1S/C13H13NOS.C2H6/c1-9-5-3-4-6-11(9)13(15)14-12-8-7-10(2)16-12;1-2/h3-8H,1-2H3,(H,14,15);1-2H3. The highest BCUT2D eigenvalue weighted by atomic mass is 32.1. The van der Waals surface area contributed by atoms with Crippen LogP contribution in [0.3, 0.4) is 0 Å². The number of anilines is 1. The highest BCUT2D eigenvalue weighted by molar-refractivity contribution is 7.16. The van der Waals surface area contributed by atoms with Crippen molar-refractivity contribution in [1.29, 1.82) is 0 Å². The zero-order valence-electron chi connectivity index (χ0n) is 11.3. The first-order valence-electron chi connectivity index (χ1n) is 6.10. The molecular formula is C15H19NOS. The third kappa shape index (κ3) is 3.70. The normalized spacial score (nSPS) is 9.33. The first kappa shape index (κ1) is 14.5. The van der Waals surface area contributed by atoms with Gasteiger partial charge in [0.2, 0.25) is 0 Å². The maximum atomic E-state index is 11.9. The largest absolute Gasteiger partial charge is 0.314 e. The summed E-state index contributed by atoms with van der Waals surface area (Å²) in [6.07, 6.45) is 0. The Morgan fingerprint density at radius 1 is 1.06 bits per heavy atom. The average molecular weight is 261 g/mol. The van der Waals surface area contributed by atoms with Gasteiger partial charge >= 0.3 is 0 Å². The van der Waals surface area contributed by atoms with Crippen LogP contribution < -0.4 is 5.32 Å². The molecule has 1 heterocycles. The molecule has 18 heavy (non-hydrogen) atoms. The summed E-state index contributed by atoms with van der Waals surface area (Å²) in [6, 6.07) is 11.5. The predicted octanol–water partition coefficient (Wildman–Crippen LogP) is 4.64. The zero-order valence-corrected chi connectivity index (χ0v) is 12.1. The number of nitrogens with one attached hydrogen (secondary N) is 1. The van der Waals surface area contributed by atoms with Crippen molar-refractivity contribution in [1.82, 2.24) is 0 Å². The van der Waals surface area contributed by atoms with Crippen molar-refractivity contribution in [2.75, 3.05) is 5.32 Å². The van der Waals surface area contributed by atoms with Gasteiger partial charge in [-0.15, -0.1) is 11.3 Å². The molecule has 0 unspecified atom stereocenters. The van der Waals surface area contributed by atoms with Crippen molar-refractivity contribution in [3.05, 3.63) is 52.4 Å². The van der Waals surface area contributed by atoms with Gasteiger partial charge in [-0.05, 0) is 37.6 Å². The van der Waals surface area contributed by atoms with Crippen LogP contribution in [-0.2, 0) is 0 Å². The van der Waals surface area contributed by atoms with Crippen molar-refractivity contribution in [3.8, 4) is 0 Å². The van der Waals surface area contributed by atoms with Crippen molar-refractivity contribution < 1.29 is 4.79 Å². The second-order valence-electron chi connectivity index (χ2n) is 3.68. The molecule has 3 heteroatoms. The van der Waals surface area contributed by atoms with Crippen molar-refractivity contribution in [2.45, 2.75) is 27.7 Å². The third-order valence-corrected chi connectivity index (χ3v) is 3.28. The van der Waals surface area contributed by atoms with Gasteiger partial charge in [0.15, 0.2) is 0 Å². The molecule has 96 valence electrons. The van der Waals surface area contributed by atoms with Gasteiger partial charge in [0.25, 0.3) is 5.91 Å². The summed E-state index contributed by atoms with van der Waals surface area (Å²) in [4.78, 5) is 13.1. The van der Waals surface area contributed by atoms with E-state index < -0.39 is 0 Å². The first-order chi connectivity index (χ1) is 8.66. The zero-order chi connectivity index (χ0) is 13.5. The molecule has 0 atom stereocenters. The molecule has 0 saturated carbocycles. The van der Waals surface area contributed by atoms with E-state index in [0.717, 1.165) is 16.1 Å². The Kier molecular flexibility index (Phi) is 5.59. The lowest BCUT2D eigenvalue weighted by molar-refractivity contribution is 0.102. The molecule has 1 N–H and O–H groups in total. The van der Waals surface area contributed by atoms with Crippen LogP contribution in [0.2, 0.25) is 0 Å². The topological polar surface area (TPSA) is 29.1 Å². The lowest BCUT2D eigenvalue weighted by Gasteiger charge is -2.05. The van der Waals surface area contributed by atoms with Crippen LogP contribution in [-0.4, -0.2) is 5.91 Å². The van der Waals surface area contributed by atoms with Gasteiger partial charge < -0.3 is 5.32 Å². The highest BCUT2D eigenvalue weighted by Gasteiger charge is 2.08.